The fraction of sp³-hybridized carbons (Fsp3) is 0.947. The van der Waals surface area contributed by atoms with Crippen molar-refractivity contribution in [1.29, 1.82) is 0 Å². The fourth-order valence-corrected chi connectivity index (χ4v) is 3.78. The largest absolute Gasteiger partial charge is 0.357 e. The Balaban J connectivity index is 1.81. The van der Waals surface area contributed by atoms with Gasteiger partial charge in [0.25, 0.3) is 0 Å². The van der Waals surface area contributed by atoms with Gasteiger partial charge in [-0.15, -0.1) is 0 Å². The molecule has 6 heteroatoms. The molecule has 0 aliphatic carbocycles. The molecule has 0 aromatic heterocycles. The number of nitrogens with one attached hydrogen (secondary N) is 2. The van der Waals surface area contributed by atoms with Crippen molar-refractivity contribution in [2.24, 2.45) is 10.9 Å². The smallest absolute Gasteiger partial charge is 0.191 e. The molecular weight excluding hydrogens is 312 g/mol. The molecule has 2 aliphatic heterocycles. The van der Waals surface area contributed by atoms with Gasteiger partial charge < -0.3 is 20.4 Å². The number of hydrogen-bond donors (Lipinski definition) is 2. The van der Waals surface area contributed by atoms with Gasteiger partial charge in [0, 0.05) is 57.9 Å². The van der Waals surface area contributed by atoms with Gasteiger partial charge in [0.15, 0.2) is 5.96 Å². The van der Waals surface area contributed by atoms with E-state index in [0.29, 0.717) is 12.1 Å². The molecule has 6 nitrogen and oxygen atoms in total. The number of piperazine rings is 1. The zero-order valence-corrected chi connectivity index (χ0v) is 17.1. The second-order valence-electron chi connectivity index (χ2n) is 8.23. The second kappa shape index (κ2) is 10.3. The van der Waals surface area contributed by atoms with E-state index in [4.69, 9.17) is 4.99 Å². The van der Waals surface area contributed by atoms with Crippen LogP contribution < -0.4 is 10.6 Å². The maximum Gasteiger partial charge on any atom is 0.191 e. The summed E-state index contributed by atoms with van der Waals surface area (Å²) in [4.78, 5) is 12.3. The highest BCUT2D eigenvalue weighted by Crippen LogP contribution is 2.12. The van der Waals surface area contributed by atoms with Crippen molar-refractivity contribution in [2.75, 3.05) is 66.5 Å². The van der Waals surface area contributed by atoms with E-state index >= 15 is 0 Å². The molecule has 2 N–H and O–H groups in total. The van der Waals surface area contributed by atoms with E-state index < -0.39 is 0 Å². The quantitative estimate of drug-likeness (QED) is 0.550. The zero-order valence-electron chi connectivity index (χ0n) is 17.1. The minimum absolute atomic E-state index is 0.516. The lowest BCUT2D eigenvalue weighted by molar-refractivity contribution is 0.119. The first-order valence-electron chi connectivity index (χ1n) is 10.1. The van der Waals surface area contributed by atoms with Gasteiger partial charge >= 0.3 is 0 Å². The van der Waals surface area contributed by atoms with Gasteiger partial charge in [-0.1, -0.05) is 13.8 Å². The minimum atomic E-state index is 0.516. The first-order valence-corrected chi connectivity index (χ1v) is 10.1. The molecule has 25 heavy (non-hydrogen) atoms. The Labute approximate surface area is 155 Å². The van der Waals surface area contributed by atoms with Crippen LogP contribution >= 0.6 is 0 Å². The van der Waals surface area contributed by atoms with Crippen LogP contribution in [0, 0.1) is 5.92 Å². The molecular formula is C19H40N6. The van der Waals surface area contributed by atoms with E-state index in [1.54, 1.807) is 0 Å². The number of aliphatic imine (C=N–C) groups is 1. The number of rotatable bonds is 6. The third-order valence-corrected chi connectivity index (χ3v) is 5.34. The highest BCUT2D eigenvalue weighted by Gasteiger charge is 2.23. The first kappa shape index (κ1) is 20.5. The summed E-state index contributed by atoms with van der Waals surface area (Å²) in [6.45, 7) is 15.6. The van der Waals surface area contributed by atoms with Gasteiger partial charge in [0.2, 0.25) is 0 Å². The van der Waals surface area contributed by atoms with E-state index in [-0.39, 0.29) is 0 Å². The number of nitrogens with zero attached hydrogens (tertiary/aromatic N) is 4. The Bertz CT molecular complexity index is 403. The summed E-state index contributed by atoms with van der Waals surface area (Å²) in [7, 11) is 4.43. The third-order valence-electron chi connectivity index (χ3n) is 5.34. The predicted octanol–water partition coefficient (Wildman–Crippen LogP) is 0.908. The highest BCUT2D eigenvalue weighted by atomic mass is 15.3. The summed E-state index contributed by atoms with van der Waals surface area (Å²) in [5.41, 5.74) is 0. The SMILES string of the molecule is CCNC(=NCC1CN(C)CCN1C)NC1CCN(CC(C)C)CC1. The van der Waals surface area contributed by atoms with E-state index in [9.17, 15) is 0 Å². The molecule has 1 atom stereocenters. The van der Waals surface area contributed by atoms with Crippen LogP contribution in [0.25, 0.3) is 0 Å². The predicted molar refractivity (Wildman–Crippen MR) is 107 cm³/mol. The van der Waals surface area contributed by atoms with E-state index in [1.807, 2.05) is 0 Å². The van der Waals surface area contributed by atoms with E-state index in [2.05, 4.69) is 60.2 Å². The fourth-order valence-electron chi connectivity index (χ4n) is 3.78. The molecule has 1 unspecified atom stereocenters. The average molecular weight is 353 g/mol. The lowest BCUT2D eigenvalue weighted by atomic mass is 10.0. The standard InChI is InChI=1S/C19H40N6/c1-6-20-19(21-13-18-15-23(4)11-12-24(18)5)22-17-7-9-25(10-8-17)14-16(2)3/h16-18H,6-15H2,1-5H3,(H2,20,21,22). The maximum atomic E-state index is 4.90. The van der Waals surface area contributed by atoms with Crippen LogP contribution in [-0.2, 0) is 0 Å². The molecule has 2 rings (SSSR count). The third kappa shape index (κ3) is 7.12. The van der Waals surface area contributed by atoms with Gasteiger partial charge in [0.1, 0.15) is 0 Å². The van der Waals surface area contributed by atoms with Crippen LogP contribution in [0.2, 0.25) is 0 Å². The summed E-state index contributed by atoms with van der Waals surface area (Å²) in [6, 6.07) is 1.06. The Kier molecular flexibility index (Phi) is 8.46. The minimum Gasteiger partial charge on any atom is -0.357 e. The van der Waals surface area contributed by atoms with Gasteiger partial charge in [0.05, 0.1) is 6.54 Å². The van der Waals surface area contributed by atoms with Crippen LogP contribution in [0.4, 0.5) is 0 Å². The maximum absolute atomic E-state index is 4.90. The number of guanidine groups is 1. The van der Waals surface area contributed by atoms with Crippen LogP contribution in [0.3, 0.4) is 0 Å². The van der Waals surface area contributed by atoms with Gasteiger partial charge in [-0.05, 0) is 39.8 Å². The Morgan fingerprint density at radius 1 is 1.12 bits per heavy atom. The molecule has 0 saturated carbocycles. The Morgan fingerprint density at radius 2 is 1.84 bits per heavy atom. The molecule has 146 valence electrons. The number of piperidine rings is 1. The Hall–Kier alpha value is -0.850. The zero-order chi connectivity index (χ0) is 18.2. The molecule has 2 saturated heterocycles. The molecule has 0 spiro atoms. The molecule has 2 fully saturated rings. The first-order chi connectivity index (χ1) is 12.0. The van der Waals surface area contributed by atoms with E-state index in [1.165, 1.54) is 32.5 Å². The summed E-state index contributed by atoms with van der Waals surface area (Å²) in [5.74, 6) is 1.75. The van der Waals surface area contributed by atoms with Crippen molar-refractivity contribution in [3.63, 3.8) is 0 Å². The van der Waals surface area contributed by atoms with Crippen LogP contribution in [0.5, 0.6) is 0 Å². The van der Waals surface area contributed by atoms with Crippen molar-refractivity contribution >= 4 is 5.96 Å². The summed E-state index contributed by atoms with van der Waals surface area (Å²) in [5, 5.41) is 7.11. The molecule has 0 aromatic carbocycles. The molecule has 2 heterocycles. The van der Waals surface area contributed by atoms with Crippen LogP contribution in [0.15, 0.2) is 4.99 Å². The van der Waals surface area contributed by atoms with Crippen molar-refractivity contribution in [3.05, 3.63) is 0 Å². The summed E-state index contributed by atoms with van der Waals surface area (Å²) >= 11 is 0. The number of hydrogen-bond acceptors (Lipinski definition) is 4. The molecule has 0 aromatic rings. The van der Waals surface area contributed by atoms with Crippen LogP contribution in [0.1, 0.15) is 33.6 Å². The molecule has 0 radical (unpaired) electrons. The van der Waals surface area contributed by atoms with Crippen molar-refractivity contribution in [1.82, 2.24) is 25.3 Å². The summed E-state index contributed by atoms with van der Waals surface area (Å²) in [6.07, 6.45) is 2.42. The van der Waals surface area contributed by atoms with Crippen molar-refractivity contribution in [2.45, 2.75) is 45.7 Å². The summed E-state index contributed by atoms with van der Waals surface area (Å²) < 4.78 is 0. The number of likely N-dealkylation sites (N-methyl/N-ethyl adjacent to an activating group) is 2. The molecule has 2 aliphatic rings. The van der Waals surface area contributed by atoms with Gasteiger partial charge in [-0.25, -0.2) is 0 Å². The number of likely N-dealkylation sites (tertiary alicyclic amines) is 1. The van der Waals surface area contributed by atoms with Crippen molar-refractivity contribution < 1.29 is 0 Å². The van der Waals surface area contributed by atoms with Gasteiger partial charge in [-0.3, -0.25) is 9.89 Å². The average Bonchev–Trinajstić information content (AvgIpc) is 2.57. The van der Waals surface area contributed by atoms with E-state index in [0.717, 1.165) is 44.6 Å². The monoisotopic (exact) mass is 352 g/mol. The second-order valence-corrected chi connectivity index (χ2v) is 8.23. The van der Waals surface area contributed by atoms with Gasteiger partial charge in [-0.2, -0.15) is 0 Å². The van der Waals surface area contributed by atoms with Crippen molar-refractivity contribution in [3.8, 4) is 0 Å². The van der Waals surface area contributed by atoms with Crippen LogP contribution in [-0.4, -0.2) is 99.2 Å². The lowest BCUT2D eigenvalue weighted by Gasteiger charge is -2.37. The highest BCUT2D eigenvalue weighted by molar-refractivity contribution is 5.80. The topological polar surface area (TPSA) is 46.1 Å². The normalized spacial score (nSPS) is 25.5. The lowest BCUT2D eigenvalue weighted by Crippen LogP contribution is -2.52. The molecule has 0 amide bonds. The Morgan fingerprint density at radius 3 is 2.48 bits per heavy atom. The molecule has 0 bridgehead atoms.